The van der Waals surface area contributed by atoms with Crippen molar-refractivity contribution in [3.05, 3.63) is 23.8 Å². The Morgan fingerprint density at radius 3 is 2.50 bits per heavy atom. The molecule has 0 aromatic rings. The molecule has 5 rings (SSSR count). The Kier molecular flexibility index (Phi) is 6.12. The van der Waals surface area contributed by atoms with Crippen LogP contribution in [-0.2, 0) is 18.9 Å². The summed E-state index contributed by atoms with van der Waals surface area (Å²) >= 11 is 0. The fraction of sp³-hybridized carbons (Fsp3) is 0.852. The first-order valence-corrected chi connectivity index (χ1v) is 13.0. The maximum Gasteiger partial charge on any atom is 0.182 e. The minimum atomic E-state index is -0.927. The predicted molar refractivity (Wildman–Crippen MR) is 123 cm³/mol. The van der Waals surface area contributed by atoms with Gasteiger partial charge in [0.05, 0.1) is 18.8 Å². The summed E-state index contributed by atoms with van der Waals surface area (Å²) in [6.45, 7) is 13.2. The lowest BCUT2D eigenvalue weighted by Gasteiger charge is -2.56. The van der Waals surface area contributed by atoms with E-state index in [4.69, 9.17) is 18.9 Å². The molecule has 0 aromatic carbocycles. The highest BCUT2D eigenvalue weighted by Crippen LogP contribution is 2.66. The lowest BCUT2D eigenvalue weighted by molar-refractivity contribution is -0.178. The Bertz CT molecular complexity index is 749. The summed E-state index contributed by atoms with van der Waals surface area (Å²) in [6.07, 6.45) is 10.3. The minimum absolute atomic E-state index is 0.170. The lowest BCUT2D eigenvalue weighted by Crippen LogP contribution is -2.55. The fourth-order valence-electron chi connectivity index (χ4n) is 8.28. The van der Waals surface area contributed by atoms with E-state index in [1.165, 1.54) is 12.8 Å². The van der Waals surface area contributed by atoms with Crippen LogP contribution in [0, 0.1) is 29.1 Å². The van der Waals surface area contributed by atoms with Crippen molar-refractivity contribution >= 4 is 0 Å². The molecule has 0 radical (unpaired) electrons. The molecule has 3 saturated carbocycles. The molecule has 0 unspecified atom stereocenters. The molecule has 0 bridgehead atoms. The Labute approximate surface area is 193 Å². The normalized spacial score (nSPS) is 42.5. The molecule has 180 valence electrons. The zero-order valence-electron chi connectivity index (χ0n) is 20.2. The number of rotatable bonds is 6. The highest BCUT2D eigenvalue weighted by atomic mass is 16.7. The number of aliphatic hydroxyl groups is 1. The molecule has 5 heteroatoms. The quantitative estimate of drug-likeness (QED) is 0.460. The van der Waals surface area contributed by atoms with Gasteiger partial charge in [-0.3, -0.25) is 0 Å². The third-order valence-electron chi connectivity index (χ3n) is 9.86. The van der Waals surface area contributed by atoms with Crippen molar-refractivity contribution in [1.82, 2.24) is 0 Å². The summed E-state index contributed by atoms with van der Waals surface area (Å²) < 4.78 is 23.8. The molecule has 1 saturated heterocycles. The molecule has 1 aliphatic heterocycles. The molecule has 5 aliphatic rings. The maximum atomic E-state index is 12.1. The molecule has 1 heterocycles. The van der Waals surface area contributed by atoms with E-state index in [9.17, 15) is 5.11 Å². The molecule has 4 aliphatic carbocycles. The van der Waals surface area contributed by atoms with Crippen LogP contribution in [0.15, 0.2) is 23.8 Å². The maximum absolute atomic E-state index is 12.1. The van der Waals surface area contributed by atoms with Crippen LogP contribution in [-0.4, -0.2) is 49.2 Å². The summed E-state index contributed by atoms with van der Waals surface area (Å²) in [4.78, 5) is 0. The summed E-state index contributed by atoms with van der Waals surface area (Å²) in [5.74, 6) is 2.20. The van der Waals surface area contributed by atoms with Gasteiger partial charge >= 0.3 is 0 Å². The van der Waals surface area contributed by atoms with Gasteiger partial charge in [-0.15, -0.1) is 0 Å². The monoisotopic (exact) mass is 446 g/mol. The summed E-state index contributed by atoms with van der Waals surface area (Å²) in [5, 5.41) is 12.1. The van der Waals surface area contributed by atoms with Crippen molar-refractivity contribution in [2.45, 2.75) is 89.8 Å². The Balaban J connectivity index is 1.37. The van der Waals surface area contributed by atoms with Crippen molar-refractivity contribution < 1.29 is 24.1 Å². The molecular formula is C27H42O5. The number of allylic oxidation sites excluding steroid dienone is 1. The summed E-state index contributed by atoms with van der Waals surface area (Å²) in [6, 6.07) is 0. The summed E-state index contributed by atoms with van der Waals surface area (Å²) in [5.41, 5.74) is 1.21. The number of hydrogen-bond donors (Lipinski definition) is 1. The second-order valence-corrected chi connectivity index (χ2v) is 11.0. The van der Waals surface area contributed by atoms with Crippen molar-refractivity contribution in [2.24, 2.45) is 29.1 Å². The highest BCUT2D eigenvalue weighted by Gasteiger charge is 2.64. The SMILES string of the molecule is C=C(C(OCC)OCC)[C@]1(O)CC[C@H]2[C@@H]3CC=C4CC5(CC[C@@H]4[C@H]3CC[C@@]21C)OCCO5. The molecule has 6 atom stereocenters. The van der Waals surface area contributed by atoms with E-state index >= 15 is 0 Å². The fourth-order valence-corrected chi connectivity index (χ4v) is 8.28. The first kappa shape index (κ1) is 23.0. The molecule has 1 spiro atoms. The van der Waals surface area contributed by atoms with Crippen molar-refractivity contribution in [2.75, 3.05) is 26.4 Å². The first-order chi connectivity index (χ1) is 15.4. The third kappa shape index (κ3) is 3.38. The van der Waals surface area contributed by atoms with Crippen LogP contribution in [0.3, 0.4) is 0 Å². The first-order valence-electron chi connectivity index (χ1n) is 13.0. The van der Waals surface area contributed by atoms with Gasteiger partial charge in [0.25, 0.3) is 0 Å². The molecule has 32 heavy (non-hydrogen) atoms. The van der Waals surface area contributed by atoms with Crippen molar-refractivity contribution in [3.63, 3.8) is 0 Å². The van der Waals surface area contributed by atoms with Crippen LogP contribution in [0.1, 0.15) is 72.1 Å². The average Bonchev–Trinajstić information content (AvgIpc) is 3.35. The largest absolute Gasteiger partial charge is 0.385 e. The van der Waals surface area contributed by atoms with Gasteiger partial charge in [0.2, 0.25) is 0 Å². The van der Waals surface area contributed by atoms with Gasteiger partial charge in [-0.2, -0.15) is 0 Å². The second kappa shape index (κ2) is 8.49. The average molecular weight is 447 g/mol. The van der Waals surface area contributed by atoms with Crippen LogP contribution in [0.4, 0.5) is 0 Å². The smallest absolute Gasteiger partial charge is 0.182 e. The Morgan fingerprint density at radius 1 is 1.09 bits per heavy atom. The van der Waals surface area contributed by atoms with Crippen LogP contribution in [0.25, 0.3) is 0 Å². The van der Waals surface area contributed by atoms with E-state index in [2.05, 4.69) is 19.6 Å². The van der Waals surface area contributed by atoms with Gasteiger partial charge in [0, 0.05) is 37.0 Å². The molecule has 0 amide bonds. The zero-order chi connectivity index (χ0) is 22.6. The van der Waals surface area contributed by atoms with E-state index in [0.29, 0.717) is 31.0 Å². The van der Waals surface area contributed by atoms with E-state index in [1.54, 1.807) is 5.57 Å². The Hall–Kier alpha value is -0.720. The minimum Gasteiger partial charge on any atom is -0.385 e. The molecule has 4 fully saturated rings. The highest BCUT2D eigenvalue weighted by molar-refractivity contribution is 5.29. The zero-order valence-corrected chi connectivity index (χ0v) is 20.2. The number of ether oxygens (including phenoxy) is 4. The standard InChI is InChI=1S/C27H42O5/c1-5-29-24(30-6-2)18(3)27(28)14-11-23-22-8-7-19-17-26(31-15-16-32-26)13-10-20(19)21(22)9-12-25(23,27)4/h7,20-24,28H,3,5-6,8-17H2,1-2,4H3/t20-,21+,22+,23-,25-,27+/m0/s1. The lowest BCUT2D eigenvalue weighted by atomic mass is 9.50. The van der Waals surface area contributed by atoms with Crippen LogP contribution < -0.4 is 0 Å². The van der Waals surface area contributed by atoms with E-state index in [0.717, 1.165) is 63.2 Å². The van der Waals surface area contributed by atoms with E-state index in [1.807, 2.05) is 13.8 Å². The van der Waals surface area contributed by atoms with Crippen molar-refractivity contribution in [3.8, 4) is 0 Å². The van der Waals surface area contributed by atoms with E-state index in [-0.39, 0.29) is 11.2 Å². The molecule has 1 N–H and O–H groups in total. The third-order valence-corrected chi connectivity index (χ3v) is 9.86. The molecular weight excluding hydrogens is 404 g/mol. The second-order valence-electron chi connectivity index (χ2n) is 11.0. The topological polar surface area (TPSA) is 57.2 Å². The van der Waals surface area contributed by atoms with Gasteiger partial charge < -0.3 is 24.1 Å². The van der Waals surface area contributed by atoms with Gasteiger partial charge in [-0.25, -0.2) is 0 Å². The van der Waals surface area contributed by atoms with Gasteiger partial charge in [0.15, 0.2) is 12.1 Å². The number of fused-ring (bicyclic) bond motifs is 5. The summed E-state index contributed by atoms with van der Waals surface area (Å²) in [7, 11) is 0. The van der Waals surface area contributed by atoms with E-state index < -0.39 is 11.9 Å². The van der Waals surface area contributed by atoms with Crippen LogP contribution >= 0.6 is 0 Å². The van der Waals surface area contributed by atoms with Crippen LogP contribution in [0.5, 0.6) is 0 Å². The van der Waals surface area contributed by atoms with Gasteiger partial charge in [0.1, 0.15) is 0 Å². The van der Waals surface area contributed by atoms with Gasteiger partial charge in [-0.05, 0) is 76.0 Å². The Morgan fingerprint density at radius 2 is 1.81 bits per heavy atom. The number of hydrogen-bond acceptors (Lipinski definition) is 5. The van der Waals surface area contributed by atoms with Crippen LogP contribution in [0.2, 0.25) is 0 Å². The predicted octanol–water partition coefficient (Wildman–Crippen LogP) is 4.99. The van der Waals surface area contributed by atoms with Crippen molar-refractivity contribution in [1.29, 1.82) is 0 Å². The molecule has 5 nitrogen and oxygen atoms in total. The van der Waals surface area contributed by atoms with Gasteiger partial charge in [-0.1, -0.05) is 25.2 Å². The molecule has 0 aromatic heterocycles.